The molecule has 3 aromatic carbocycles. The summed E-state index contributed by atoms with van der Waals surface area (Å²) in [5.74, 6) is -2.91. The molecule has 3 N–H and O–H groups in total. The number of quaternary nitrogens is 1. The van der Waals surface area contributed by atoms with Gasteiger partial charge in [0, 0.05) is 16.7 Å². The van der Waals surface area contributed by atoms with Gasteiger partial charge in [-0.15, -0.1) is 0 Å². The van der Waals surface area contributed by atoms with Gasteiger partial charge in [0.25, 0.3) is 0 Å². The number of carbonyl (C=O) groups excluding carboxylic acids is 1. The van der Waals surface area contributed by atoms with Crippen LogP contribution in [0.3, 0.4) is 0 Å². The lowest BCUT2D eigenvalue weighted by Gasteiger charge is -2.17. The number of rotatable bonds is 6. The Balaban J connectivity index is 0.000000232. The molecule has 2 unspecified atom stereocenters. The van der Waals surface area contributed by atoms with Crippen molar-refractivity contribution in [1.29, 1.82) is 0 Å². The van der Waals surface area contributed by atoms with Gasteiger partial charge in [0.05, 0.1) is 11.5 Å². The van der Waals surface area contributed by atoms with Crippen molar-refractivity contribution in [2.45, 2.75) is 25.9 Å². The summed E-state index contributed by atoms with van der Waals surface area (Å²) in [6.45, 7) is 4.28. The molecule has 2 atom stereocenters. The Labute approximate surface area is 174 Å². The summed E-state index contributed by atoms with van der Waals surface area (Å²) in [4.78, 5) is 20.8. The van der Waals surface area contributed by atoms with Gasteiger partial charge in [0.15, 0.2) is 0 Å². The Morgan fingerprint density at radius 1 is 0.833 bits per heavy atom. The minimum Gasteiger partial charge on any atom is -0.545 e. The fourth-order valence-electron chi connectivity index (χ4n) is 3.05. The van der Waals surface area contributed by atoms with Crippen molar-refractivity contribution in [2.75, 3.05) is 0 Å². The molecule has 0 radical (unpaired) electrons. The molecule has 0 amide bonds. The monoisotopic (exact) mass is 409 g/mol. The zero-order chi connectivity index (χ0) is 22.1. The SMILES string of the molecule is CC([NH2+]C(C)c1cccc(F)c1)c1ccccc1.O=C([O-])c1ccccc1C(=O)O. The molecule has 0 bridgehead atoms. The minimum atomic E-state index is -1.48. The molecule has 3 rings (SSSR count). The quantitative estimate of drug-likeness (QED) is 0.655. The van der Waals surface area contributed by atoms with E-state index in [1.807, 2.05) is 24.3 Å². The highest BCUT2D eigenvalue weighted by Crippen LogP contribution is 2.13. The summed E-state index contributed by atoms with van der Waals surface area (Å²) in [6.07, 6.45) is 0. The summed E-state index contributed by atoms with van der Waals surface area (Å²) in [5, 5.41) is 21.1. The Morgan fingerprint density at radius 3 is 1.90 bits per heavy atom. The number of benzene rings is 3. The van der Waals surface area contributed by atoms with Crippen molar-refractivity contribution < 1.29 is 29.5 Å². The molecule has 0 aliphatic heterocycles. The molecule has 156 valence electrons. The first-order valence-electron chi connectivity index (χ1n) is 9.48. The Hall–Kier alpha value is -3.51. The second kappa shape index (κ2) is 10.9. The zero-order valence-electron chi connectivity index (χ0n) is 16.8. The highest BCUT2D eigenvalue weighted by Gasteiger charge is 2.15. The van der Waals surface area contributed by atoms with Crippen molar-refractivity contribution in [1.82, 2.24) is 0 Å². The van der Waals surface area contributed by atoms with Crippen LogP contribution in [0.2, 0.25) is 0 Å². The third-order valence-corrected chi connectivity index (χ3v) is 4.65. The van der Waals surface area contributed by atoms with E-state index in [2.05, 4.69) is 31.3 Å². The molecule has 0 aromatic heterocycles. The summed E-state index contributed by atoms with van der Waals surface area (Å²) in [6, 6.07) is 23.1. The number of halogens is 1. The predicted octanol–water partition coefficient (Wildman–Crippen LogP) is 2.96. The highest BCUT2D eigenvalue weighted by atomic mass is 19.1. The van der Waals surface area contributed by atoms with E-state index in [0.717, 1.165) is 5.56 Å². The molecule has 6 heteroatoms. The van der Waals surface area contributed by atoms with Crippen LogP contribution >= 0.6 is 0 Å². The normalized spacial score (nSPS) is 12.2. The van der Waals surface area contributed by atoms with Crippen LogP contribution in [0, 0.1) is 5.82 Å². The van der Waals surface area contributed by atoms with Crippen molar-refractivity contribution in [3.63, 3.8) is 0 Å². The van der Waals surface area contributed by atoms with E-state index in [1.54, 1.807) is 12.1 Å². The molecular formula is C24H24FNO4. The van der Waals surface area contributed by atoms with Crippen LogP contribution in [0.1, 0.15) is 57.8 Å². The predicted molar refractivity (Wildman–Crippen MR) is 109 cm³/mol. The number of hydrogen-bond donors (Lipinski definition) is 2. The fourth-order valence-corrected chi connectivity index (χ4v) is 3.05. The molecule has 0 aliphatic carbocycles. The van der Waals surface area contributed by atoms with Gasteiger partial charge in [0.2, 0.25) is 0 Å². The maximum absolute atomic E-state index is 13.2. The lowest BCUT2D eigenvalue weighted by atomic mass is 10.0. The van der Waals surface area contributed by atoms with E-state index in [0.29, 0.717) is 6.04 Å². The molecule has 0 heterocycles. The van der Waals surface area contributed by atoms with Crippen LogP contribution in [0.4, 0.5) is 4.39 Å². The number of hydrogen-bond acceptors (Lipinski definition) is 3. The van der Waals surface area contributed by atoms with Crippen LogP contribution in [-0.4, -0.2) is 17.0 Å². The van der Waals surface area contributed by atoms with E-state index in [9.17, 15) is 19.1 Å². The molecule has 3 aromatic rings. The smallest absolute Gasteiger partial charge is 0.336 e. The Morgan fingerprint density at radius 2 is 1.37 bits per heavy atom. The van der Waals surface area contributed by atoms with Gasteiger partial charge in [-0.3, -0.25) is 0 Å². The number of nitrogens with two attached hydrogens (primary N) is 1. The highest BCUT2D eigenvalue weighted by molar-refractivity contribution is 6.00. The molecule has 30 heavy (non-hydrogen) atoms. The molecule has 5 nitrogen and oxygen atoms in total. The van der Waals surface area contributed by atoms with Gasteiger partial charge in [-0.25, -0.2) is 9.18 Å². The van der Waals surface area contributed by atoms with Gasteiger partial charge >= 0.3 is 5.97 Å². The first-order chi connectivity index (χ1) is 14.3. The summed E-state index contributed by atoms with van der Waals surface area (Å²) in [5.41, 5.74) is 1.76. The topological polar surface area (TPSA) is 94.0 Å². The van der Waals surface area contributed by atoms with Crippen LogP contribution in [-0.2, 0) is 0 Å². The van der Waals surface area contributed by atoms with Crippen LogP contribution < -0.4 is 10.4 Å². The number of aromatic carboxylic acids is 2. The number of carboxylic acid groups (broad SMARTS) is 2. The van der Waals surface area contributed by atoms with E-state index < -0.39 is 11.9 Å². The maximum atomic E-state index is 13.2. The van der Waals surface area contributed by atoms with Crippen LogP contribution in [0.25, 0.3) is 0 Å². The van der Waals surface area contributed by atoms with Gasteiger partial charge in [-0.2, -0.15) is 0 Å². The summed E-state index contributed by atoms with van der Waals surface area (Å²) in [7, 11) is 0. The summed E-state index contributed by atoms with van der Waals surface area (Å²) >= 11 is 0. The fraction of sp³-hybridized carbons (Fsp3) is 0.167. The van der Waals surface area contributed by atoms with Crippen molar-refractivity contribution >= 4 is 11.9 Å². The van der Waals surface area contributed by atoms with Gasteiger partial charge in [-0.1, -0.05) is 60.7 Å². The molecule has 0 spiro atoms. The van der Waals surface area contributed by atoms with Crippen LogP contribution in [0.15, 0.2) is 78.9 Å². The van der Waals surface area contributed by atoms with Gasteiger partial charge in [0.1, 0.15) is 17.9 Å². The van der Waals surface area contributed by atoms with Gasteiger partial charge < -0.3 is 20.3 Å². The molecule has 0 saturated carbocycles. The third-order valence-electron chi connectivity index (χ3n) is 4.65. The zero-order valence-corrected chi connectivity index (χ0v) is 16.8. The second-order valence-corrected chi connectivity index (χ2v) is 6.87. The Kier molecular flexibility index (Phi) is 8.26. The molecule has 0 fully saturated rings. The lowest BCUT2D eigenvalue weighted by Crippen LogP contribution is -2.85. The minimum absolute atomic E-state index is 0.167. The molecule has 0 aliphatic rings. The molecule has 0 saturated heterocycles. The van der Waals surface area contributed by atoms with E-state index in [-0.39, 0.29) is 23.0 Å². The number of carbonyl (C=O) groups is 2. The number of carboxylic acids is 2. The lowest BCUT2D eigenvalue weighted by molar-refractivity contribution is -0.728. The first kappa shape index (κ1) is 22.8. The standard InChI is InChI=1S/C16H18FN.C8H6O4/c1-12(14-7-4-3-5-8-14)18-13(2)15-9-6-10-16(17)11-15;9-7(10)5-3-1-2-4-6(5)8(11)12/h3-13,18H,1-2H3;1-4H,(H,9,10)(H,11,12). The Bertz CT molecular complexity index is 958. The average molecular weight is 409 g/mol. The maximum Gasteiger partial charge on any atom is 0.336 e. The van der Waals surface area contributed by atoms with Crippen molar-refractivity contribution in [2.24, 2.45) is 0 Å². The van der Waals surface area contributed by atoms with Crippen molar-refractivity contribution in [3.05, 3.63) is 107 Å². The third kappa shape index (κ3) is 6.53. The van der Waals surface area contributed by atoms with E-state index in [1.165, 1.54) is 35.9 Å². The molecular weight excluding hydrogens is 385 g/mol. The van der Waals surface area contributed by atoms with Crippen molar-refractivity contribution in [3.8, 4) is 0 Å². The van der Waals surface area contributed by atoms with Crippen LogP contribution in [0.5, 0.6) is 0 Å². The van der Waals surface area contributed by atoms with E-state index in [4.69, 9.17) is 5.11 Å². The van der Waals surface area contributed by atoms with E-state index >= 15 is 0 Å². The average Bonchev–Trinajstić information content (AvgIpc) is 2.74. The van der Waals surface area contributed by atoms with Gasteiger partial charge in [-0.05, 0) is 32.0 Å². The first-order valence-corrected chi connectivity index (χ1v) is 9.48. The second-order valence-electron chi connectivity index (χ2n) is 6.87. The summed E-state index contributed by atoms with van der Waals surface area (Å²) < 4.78 is 13.2. The largest absolute Gasteiger partial charge is 0.545 e.